The van der Waals surface area contributed by atoms with Gasteiger partial charge < -0.3 is 20.7 Å². The van der Waals surface area contributed by atoms with Gasteiger partial charge in [-0.3, -0.25) is 0 Å². The van der Waals surface area contributed by atoms with E-state index in [2.05, 4.69) is 0 Å². The van der Waals surface area contributed by atoms with E-state index in [1.54, 1.807) is 0 Å². The van der Waals surface area contributed by atoms with E-state index in [1.165, 1.54) is 0 Å². The van der Waals surface area contributed by atoms with Gasteiger partial charge in [0.25, 0.3) is 0 Å². The standard InChI is InChI=1S/C5H11NO3/c6-4(2-7)1-5(9)3-8/h3-5,7,9H,1-2,6H2. The average Bonchev–Trinajstić information content (AvgIpc) is 1.87. The van der Waals surface area contributed by atoms with E-state index < -0.39 is 12.1 Å². The number of hydrogen-bond acceptors (Lipinski definition) is 4. The lowest BCUT2D eigenvalue weighted by Gasteiger charge is -2.07. The van der Waals surface area contributed by atoms with Crippen LogP contribution in [-0.4, -0.2) is 35.3 Å². The molecule has 4 nitrogen and oxygen atoms in total. The van der Waals surface area contributed by atoms with Crippen LogP contribution in [0.3, 0.4) is 0 Å². The van der Waals surface area contributed by atoms with Crippen molar-refractivity contribution in [1.29, 1.82) is 0 Å². The molecule has 0 aliphatic rings. The lowest BCUT2D eigenvalue weighted by molar-refractivity contribution is -0.115. The Morgan fingerprint density at radius 3 is 2.56 bits per heavy atom. The summed E-state index contributed by atoms with van der Waals surface area (Å²) < 4.78 is 0. The maximum absolute atomic E-state index is 9.77. The molecule has 0 spiro atoms. The fourth-order valence-corrected chi connectivity index (χ4v) is 0.440. The van der Waals surface area contributed by atoms with Crippen LogP contribution in [0.15, 0.2) is 0 Å². The highest BCUT2D eigenvalue weighted by atomic mass is 16.3. The first-order valence-electron chi connectivity index (χ1n) is 2.70. The molecule has 0 saturated heterocycles. The second kappa shape index (κ2) is 4.43. The lowest BCUT2D eigenvalue weighted by Crippen LogP contribution is -2.29. The van der Waals surface area contributed by atoms with Crippen LogP contribution < -0.4 is 5.73 Å². The van der Waals surface area contributed by atoms with Crippen LogP contribution in [0, 0.1) is 0 Å². The molecule has 2 unspecified atom stereocenters. The molecule has 0 aliphatic carbocycles. The van der Waals surface area contributed by atoms with Gasteiger partial charge >= 0.3 is 0 Å². The normalized spacial score (nSPS) is 16.8. The molecule has 0 aromatic rings. The summed E-state index contributed by atoms with van der Waals surface area (Å²) in [4.78, 5) is 9.77. The predicted octanol–water partition coefficient (Wildman–Crippen LogP) is -1.74. The smallest absolute Gasteiger partial charge is 0.148 e. The quantitative estimate of drug-likeness (QED) is 0.397. The number of aldehydes is 1. The van der Waals surface area contributed by atoms with Crippen LogP contribution in [0.1, 0.15) is 6.42 Å². The van der Waals surface area contributed by atoms with E-state index in [0.717, 1.165) is 0 Å². The lowest BCUT2D eigenvalue weighted by atomic mass is 10.1. The number of carbonyl (C=O) groups is 1. The van der Waals surface area contributed by atoms with Gasteiger partial charge in [-0.05, 0) is 6.42 Å². The molecule has 0 saturated carbocycles. The Labute approximate surface area is 53.3 Å². The molecule has 0 fully saturated rings. The summed E-state index contributed by atoms with van der Waals surface area (Å²) in [6, 6.07) is -0.495. The monoisotopic (exact) mass is 133 g/mol. The van der Waals surface area contributed by atoms with Crippen molar-refractivity contribution in [1.82, 2.24) is 0 Å². The van der Waals surface area contributed by atoms with Crippen molar-refractivity contribution in [3.63, 3.8) is 0 Å². The van der Waals surface area contributed by atoms with Crippen molar-refractivity contribution in [3.05, 3.63) is 0 Å². The van der Waals surface area contributed by atoms with Crippen molar-refractivity contribution in [2.24, 2.45) is 5.73 Å². The van der Waals surface area contributed by atoms with Gasteiger partial charge in [0.2, 0.25) is 0 Å². The van der Waals surface area contributed by atoms with Gasteiger partial charge in [0, 0.05) is 6.04 Å². The zero-order chi connectivity index (χ0) is 7.28. The summed E-state index contributed by atoms with van der Waals surface area (Å²) in [6.07, 6.45) is -0.512. The Bertz CT molecular complexity index is 86.3. The van der Waals surface area contributed by atoms with Gasteiger partial charge in [0.05, 0.1) is 6.61 Å². The van der Waals surface area contributed by atoms with Gasteiger partial charge in [-0.25, -0.2) is 0 Å². The van der Waals surface area contributed by atoms with Gasteiger partial charge in [0.1, 0.15) is 12.4 Å². The third-order valence-electron chi connectivity index (χ3n) is 0.936. The van der Waals surface area contributed by atoms with E-state index >= 15 is 0 Å². The molecule has 0 aliphatic heterocycles. The third kappa shape index (κ3) is 4.08. The zero-order valence-electron chi connectivity index (χ0n) is 5.03. The SMILES string of the molecule is NC(CO)CC(O)C=O. The third-order valence-corrected chi connectivity index (χ3v) is 0.936. The number of rotatable bonds is 4. The summed E-state index contributed by atoms with van der Waals surface area (Å²) in [5.74, 6) is 0. The topological polar surface area (TPSA) is 83.6 Å². The Balaban J connectivity index is 3.33. The number of hydrogen-bond donors (Lipinski definition) is 3. The van der Waals surface area contributed by atoms with Crippen LogP contribution in [0.25, 0.3) is 0 Å². The number of aliphatic hydroxyl groups is 2. The highest BCUT2D eigenvalue weighted by molar-refractivity contribution is 5.55. The first-order chi connectivity index (χ1) is 4.20. The van der Waals surface area contributed by atoms with Crippen LogP contribution in [0.4, 0.5) is 0 Å². The Kier molecular flexibility index (Phi) is 4.21. The van der Waals surface area contributed by atoms with Crippen molar-refractivity contribution in [2.45, 2.75) is 18.6 Å². The van der Waals surface area contributed by atoms with Gasteiger partial charge in [-0.1, -0.05) is 0 Å². The van der Waals surface area contributed by atoms with Crippen LogP contribution in [-0.2, 0) is 4.79 Å². The van der Waals surface area contributed by atoms with Crippen molar-refractivity contribution in [3.8, 4) is 0 Å². The molecule has 4 heteroatoms. The largest absolute Gasteiger partial charge is 0.395 e. The van der Waals surface area contributed by atoms with E-state index in [0.29, 0.717) is 6.29 Å². The minimum atomic E-state index is -1.04. The summed E-state index contributed by atoms with van der Waals surface area (Å²) in [6.45, 7) is -0.203. The van der Waals surface area contributed by atoms with E-state index in [1.807, 2.05) is 0 Å². The molecule has 54 valence electrons. The maximum Gasteiger partial charge on any atom is 0.148 e. The van der Waals surface area contributed by atoms with E-state index in [9.17, 15) is 4.79 Å². The molecule has 0 heterocycles. The van der Waals surface area contributed by atoms with E-state index in [4.69, 9.17) is 15.9 Å². The van der Waals surface area contributed by atoms with Gasteiger partial charge in [-0.2, -0.15) is 0 Å². The molecule has 2 atom stereocenters. The Hall–Kier alpha value is -0.450. The molecule has 0 radical (unpaired) electrons. The van der Waals surface area contributed by atoms with E-state index in [-0.39, 0.29) is 13.0 Å². The minimum Gasteiger partial charge on any atom is -0.395 e. The predicted molar refractivity (Wildman–Crippen MR) is 31.7 cm³/mol. The number of nitrogens with two attached hydrogens (primary N) is 1. The highest BCUT2D eigenvalue weighted by Gasteiger charge is 2.07. The van der Waals surface area contributed by atoms with Crippen LogP contribution in [0.5, 0.6) is 0 Å². The van der Waals surface area contributed by atoms with Crippen molar-refractivity contribution >= 4 is 6.29 Å². The van der Waals surface area contributed by atoms with Gasteiger partial charge in [0.15, 0.2) is 0 Å². The zero-order valence-corrected chi connectivity index (χ0v) is 5.03. The molecule has 0 aromatic heterocycles. The van der Waals surface area contributed by atoms with Crippen LogP contribution in [0.2, 0.25) is 0 Å². The molecule has 0 amide bonds. The fraction of sp³-hybridized carbons (Fsp3) is 0.800. The Morgan fingerprint density at radius 2 is 2.22 bits per heavy atom. The molecular formula is C5H11NO3. The van der Waals surface area contributed by atoms with Crippen LogP contribution >= 0.6 is 0 Å². The average molecular weight is 133 g/mol. The summed E-state index contributed by atoms with van der Waals surface area (Å²) >= 11 is 0. The fourth-order valence-electron chi connectivity index (χ4n) is 0.440. The van der Waals surface area contributed by atoms with Gasteiger partial charge in [-0.15, -0.1) is 0 Å². The minimum absolute atomic E-state index is 0.125. The number of aliphatic hydroxyl groups excluding tert-OH is 2. The molecule has 4 N–H and O–H groups in total. The first kappa shape index (κ1) is 8.55. The maximum atomic E-state index is 9.77. The second-order valence-electron chi connectivity index (χ2n) is 1.88. The molecule has 9 heavy (non-hydrogen) atoms. The summed E-state index contributed by atoms with van der Waals surface area (Å²) in [5, 5.41) is 16.9. The molecule has 0 rings (SSSR count). The van der Waals surface area contributed by atoms with Crippen molar-refractivity contribution < 1.29 is 15.0 Å². The second-order valence-corrected chi connectivity index (χ2v) is 1.88. The molecular weight excluding hydrogens is 122 g/mol. The molecule has 0 aromatic carbocycles. The number of carbonyl (C=O) groups excluding carboxylic acids is 1. The van der Waals surface area contributed by atoms with Crippen molar-refractivity contribution in [2.75, 3.05) is 6.61 Å². The highest BCUT2D eigenvalue weighted by Crippen LogP contribution is 1.90. The summed E-state index contributed by atoms with van der Waals surface area (Å²) in [5.41, 5.74) is 5.18. The molecule has 0 bridgehead atoms. The Morgan fingerprint density at radius 1 is 1.67 bits per heavy atom. The summed E-state index contributed by atoms with van der Waals surface area (Å²) in [7, 11) is 0. The first-order valence-corrected chi connectivity index (χ1v) is 2.70.